The molecule has 1 aliphatic heterocycles. The molecule has 0 saturated carbocycles. The van der Waals surface area contributed by atoms with Gasteiger partial charge in [0.25, 0.3) is 0 Å². The van der Waals surface area contributed by atoms with Crippen molar-refractivity contribution in [1.82, 2.24) is 0 Å². The van der Waals surface area contributed by atoms with E-state index in [0.29, 0.717) is 28.6 Å². The lowest BCUT2D eigenvalue weighted by Gasteiger charge is -2.38. The number of carbonyl (C=O) groups excluding carboxylic acids is 2. The van der Waals surface area contributed by atoms with E-state index in [-0.39, 0.29) is 24.0 Å². The summed E-state index contributed by atoms with van der Waals surface area (Å²) >= 11 is 12.3. The van der Waals surface area contributed by atoms with E-state index in [4.69, 9.17) is 23.2 Å². The van der Waals surface area contributed by atoms with Crippen molar-refractivity contribution in [2.75, 3.05) is 4.90 Å². The summed E-state index contributed by atoms with van der Waals surface area (Å²) in [6.07, 6.45) is 2.23. The summed E-state index contributed by atoms with van der Waals surface area (Å²) in [5.74, 6) is -0.0856. The van der Waals surface area contributed by atoms with E-state index in [1.165, 1.54) is 0 Å². The second-order valence-corrected chi connectivity index (χ2v) is 7.98. The fourth-order valence-corrected chi connectivity index (χ4v) is 4.72. The van der Waals surface area contributed by atoms with Crippen LogP contribution in [-0.4, -0.2) is 11.7 Å². The minimum Gasteiger partial charge on any atom is -0.294 e. The largest absolute Gasteiger partial charge is 0.294 e. The summed E-state index contributed by atoms with van der Waals surface area (Å²) in [6.45, 7) is 2.02. The number of hydrogen-bond donors (Lipinski definition) is 0. The molecule has 1 aliphatic carbocycles. The predicted molar refractivity (Wildman–Crippen MR) is 108 cm³/mol. The minimum atomic E-state index is -0.188. The highest BCUT2D eigenvalue weighted by Gasteiger charge is 2.40. The van der Waals surface area contributed by atoms with Crippen molar-refractivity contribution in [2.24, 2.45) is 0 Å². The van der Waals surface area contributed by atoms with Crippen LogP contribution in [0.15, 0.2) is 53.7 Å². The van der Waals surface area contributed by atoms with Gasteiger partial charge in [-0.2, -0.15) is 0 Å². The number of benzene rings is 2. The number of carbonyl (C=O) groups is 2. The fraction of sp³-hybridized carbons (Fsp3) is 0.273. The number of nitrogens with zero attached hydrogens (tertiary/aromatic N) is 1. The topological polar surface area (TPSA) is 37.4 Å². The molecule has 1 unspecified atom stereocenters. The SMILES string of the molecule is Cc1ccccc1C1CC(=O)N(c2cc(Cl)cc(Cl)c2)C2=C1C(=O)CCC2. The summed E-state index contributed by atoms with van der Waals surface area (Å²) in [6, 6.07) is 13.1. The van der Waals surface area contributed by atoms with Gasteiger partial charge in [-0.15, -0.1) is 0 Å². The number of hydrogen-bond acceptors (Lipinski definition) is 2. The first kappa shape index (κ1) is 18.3. The lowest BCUT2D eigenvalue weighted by Crippen LogP contribution is -2.40. The number of Topliss-reactive ketones (excluding diaryl/α,β-unsaturated/α-hetero) is 1. The first-order valence-electron chi connectivity index (χ1n) is 9.06. The van der Waals surface area contributed by atoms with Crippen LogP contribution in [0.3, 0.4) is 0 Å². The van der Waals surface area contributed by atoms with Crippen LogP contribution in [-0.2, 0) is 9.59 Å². The molecule has 0 radical (unpaired) electrons. The summed E-state index contributed by atoms with van der Waals surface area (Å²) in [5.41, 5.74) is 4.35. The Morgan fingerprint density at radius 3 is 2.41 bits per heavy atom. The van der Waals surface area contributed by atoms with E-state index >= 15 is 0 Å². The summed E-state index contributed by atoms with van der Waals surface area (Å²) in [5, 5.41) is 0.936. The van der Waals surface area contributed by atoms with Gasteiger partial charge in [-0.1, -0.05) is 47.5 Å². The van der Waals surface area contributed by atoms with Gasteiger partial charge in [0.2, 0.25) is 5.91 Å². The van der Waals surface area contributed by atoms with Crippen LogP contribution in [0, 0.1) is 6.92 Å². The third-order valence-corrected chi connectivity index (χ3v) is 5.78. The molecule has 1 heterocycles. The molecule has 0 bridgehead atoms. The molecule has 138 valence electrons. The van der Waals surface area contributed by atoms with Gasteiger partial charge in [0.15, 0.2) is 5.78 Å². The Hall–Kier alpha value is -2.10. The second-order valence-electron chi connectivity index (χ2n) is 7.11. The Bertz CT molecular complexity index is 960. The quantitative estimate of drug-likeness (QED) is 0.636. The smallest absolute Gasteiger partial charge is 0.232 e. The minimum absolute atomic E-state index is 0.0324. The zero-order chi connectivity index (χ0) is 19.1. The molecule has 2 aromatic rings. The molecule has 3 nitrogen and oxygen atoms in total. The maximum Gasteiger partial charge on any atom is 0.232 e. The van der Waals surface area contributed by atoms with Crippen LogP contribution in [0.5, 0.6) is 0 Å². The van der Waals surface area contributed by atoms with Gasteiger partial charge in [-0.05, 0) is 49.1 Å². The molecule has 4 rings (SSSR count). The molecule has 2 aliphatic rings. The number of anilines is 1. The van der Waals surface area contributed by atoms with Crippen LogP contribution >= 0.6 is 23.2 Å². The lowest BCUT2D eigenvalue weighted by molar-refractivity contribution is -0.119. The normalized spacial score (nSPS) is 20.1. The van der Waals surface area contributed by atoms with Crippen LogP contribution in [0.2, 0.25) is 10.0 Å². The van der Waals surface area contributed by atoms with Crippen LogP contribution in [0.4, 0.5) is 5.69 Å². The first-order valence-corrected chi connectivity index (χ1v) is 9.82. The molecule has 0 saturated heterocycles. The number of aryl methyl sites for hydroxylation is 1. The van der Waals surface area contributed by atoms with Gasteiger partial charge in [0, 0.05) is 40.1 Å². The number of ketones is 1. The van der Waals surface area contributed by atoms with Crippen molar-refractivity contribution in [3.63, 3.8) is 0 Å². The van der Waals surface area contributed by atoms with Crippen LogP contribution in [0.1, 0.15) is 42.7 Å². The highest BCUT2D eigenvalue weighted by atomic mass is 35.5. The van der Waals surface area contributed by atoms with E-state index in [0.717, 1.165) is 28.8 Å². The molecule has 2 aromatic carbocycles. The summed E-state index contributed by atoms with van der Waals surface area (Å²) < 4.78 is 0. The average molecular weight is 400 g/mol. The van der Waals surface area contributed by atoms with Crippen molar-refractivity contribution < 1.29 is 9.59 Å². The highest BCUT2D eigenvalue weighted by Crippen LogP contribution is 2.44. The molecular formula is C22H19Cl2NO2. The van der Waals surface area contributed by atoms with Gasteiger partial charge in [-0.25, -0.2) is 0 Å². The van der Waals surface area contributed by atoms with E-state index in [2.05, 4.69) is 0 Å². The zero-order valence-corrected chi connectivity index (χ0v) is 16.5. The molecule has 0 N–H and O–H groups in total. The highest BCUT2D eigenvalue weighted by molar-refractivity contribution is 6.35. The second kappa shape index (κ2) is 7.14. The zero-order valence-electron chi connectivity index (χ0n) is 15.0. The summed E-state index contributed by atoms with van der Waals surface area (Å²) in [4.78, 5) is 27.7. The van der Waals surface area contributed by atoms with E-state index < -0.39 is 0 Å². The molecule has 0 aromatic heterocycles. The number of allylic oxidation sites excluding steroid dienone is 2. The van der Waals surface area contributed by atoms with E-state index in [1.807, 2.05) is 31.2 Å². The molecule has 27 heavy (non-hydrogen) atoms. The third-order valence-electron chi connectivity index (χ3n) is 5.34. The monoisotopic (exact) mass is 399 g/mol. The van der Waals surface area contributed by atoms with Gasteiger partial charge in [0.1, 0.15) is 0 Å². The molecule has 5 heteroatoms. The van der Waals surface area contributed by atoms with Gasteiger partial charge in [-0.3, -0.25) is 14.5 Å². The number of amides is 1. The van der Waals surface area contributed by atoms with Crippen molar-refractivity contribution in [1.29, 1.82) is 0 Å². The predicted octanol–water partition coefficient (Wildman–Crippen LogP) is 5.83. The Morgan fingerprint density at radius 2 is 1.70 bits per heavy atom. The third kappa shape index (κ3) is 3.30. The summed E-state index contributed by atoms with van der Waals surface area (Å²) in [7, 11) is 0. The average Bonchev–Trinajstić information content (AvgIpc) is 2.60. The van der Waals surface area contributed by atoms with E-state index in [1.54, 1.807) is 23.1 Å². The van der Waals surface area contributed by atoms with Gasteiger partial charge in [0.05, 0.1) is 5.69 Å². The Morgan fingerprint density at radius 1 is 1.00 bits per heavy atom. The van der Waals surface area contributed by atoms with Crippen molar-refractivity contribution in [2.45, 2.75) is 38.5 Å². The van der Waals surface area contributed by atoms with Crippen molar-refractivity contribution >= 4 is 40.6 Å². The van der Waals surface area contributed by atoms with Gasteiger partial charge >= 0.3 is 0 Å². The Balaban J connectivity index is 1.90. The number of halogens is 2. The lowest BCUT2D eigenvalue weighted by atomic mass is 9.76. The molecule has 0 spiro atoms. The molecule has 1 amide bonds. The van der Waals surface area contributed by atoms with Gasteiger partial charge < -0.3 is 0 Å². The Kier molecular flexibility index (Phi) is 4.83. The first-order chi connectivity index (χ1) is 13.0. The van der Waals surface area contributed by atoms with Crippen LogP contribution < -0.4 is 4.90 Å². The molecule has 1 atom stereocenters. The van der Waals surface area contributed by atoms with E-state index in [9.17, 15) is 9.59 Å². The standard InChI is InChI=1S/C22H19Cl2NO2/c1-13-5-2-3-6-17(13)18-12-21(27)25(16-10-14(23)9-15(24)11-16)19-7-4-8-20(26)22(18)19/h2-3,5-6,9-11,18H,4,7-8,12H2,1H3. The van der Waals surface area contributed by atoms with Crippen molar-refractivity contribution in [3.05, 3.63) is 74.9 Å². The fourth-order valence-electron chi connectivity index (χ4n) is 4.20. The number of rotatable bonds is 2. The molecular weight excluding hydrogens is 381 g/mol. The Labute approximate surface area is 168 Å². The maximum atomic E-state index is 13.2. The van der Waals surface area contributed by atoms with Crippen molar-refractivity contribution in [3.8, 4) is 0 Å². The molecule has 0 fully saturated rings. The maximum absolute atomic E-state index is 13.2. The van der Waals surface area contributed by atoms with Crippen LogP contribution in [0.25, 0.3) is 0 Å².